The zero-order valence-corrected chi connectivity index (χ0v) is 14.8. The van der Waals surface area contributed by atoms with E-state index in [4.69, 9.17) is 4.42 Å². The lowest BCUT2D eigenvalue weighted by Gasteiger charge is -2.33. The molecule has 2 aliphatic rings. The Bertz CT molecular complexity index is 938. The Kier molecular flexibility index (Phi) is 3.80. The van der Waals surface area contributed by atoms with Gasteiger partial charge < -0.3 is 13.9 Å². The Labute approximate surface area is 152 Å². The van der Waals surface area contributed by atoms with E-state index in [0.29, 0.717) is 17.7 Å². The SMILES string of the molecule is O=C(C1CC1)N1CCC[C@@H](Cn2ccnc2-c2ccc3occc3c2)C1. The van der Waals surface area contributed by atoms with Crippen molar-refractivity contribution < 1.29 is 9.21 Å². The molecule has 1 aliphatic heterocycles. The van der Waals surface area contributed by atoms with Crippen LogP contribution in [0, 0.1) is 11.8 Å². The van der Waals surface area contributed by atoms with Crippen molar-refractivity contribution in [3.63, 3.8) is 0 Å². The number of hydrogen-bond donors (Lipinski definition) is 0. The van der Waals surface area contributed by atoms with Crippen LogP contribution in [0.2, 0.25) is 0 Å². The van der Waals surface area contributed by atoms with Crippen LogP contribution in [0.25, 0.3) is 22.4 Å². The maximum Gasteiger partial charge on any atom is 0.225 e. The summed E-state index contributed by atoms with van der Waals surface area (Å²) in [6, 6.07) is 8.17. The monoisotopic (exact) mass is 349 g/mol. The van der Waals surface area contributed by atoms with E-state index < -0.39 is 0 Å². The molecule has 1 amide bonds. The van der Waals surface area contributed by atoms with E-state index in [9.17, 15) is 4.79 Å². The Hall–Kier alpha value is -2.56. The van der Waals surface area contributed by atoms with Crippen molar-refractivity contribution in [3.05, 3.63) is 42.9 Å². The topological polar surface area (TPSA) is 51.3 Å². The van der Waals surface area contributed by atoms with Crippen LogP contribution in [0.5, 0.6) is 0 Å². The molecule has 5 heteroatoms. The highest BCUT2D eigenvalue weighted by Crippen LogP contribution is 2.33. The summed E-state index contributed by atoms with van der Waals surface area (Å²) in [7, 11) is 0. The minimum absolute atomic E-state index is 0.319. The van der Waals surface area contributed by atoms with Gasteiger partial charge in [-0.05, 0) is 55.9 Å². The highest BCUT2D eigenvalue weighted by atomic mass is 16.3. The molecule has 0 unspecified atom stereocenters. The molecule has 1 atom stereocenters. The number of piperidine rings is 1. The molecule has 0 N–H and O–H groups in total. The molecule has 2 fully saturated rings. The molecule has 0 spiro atoms. The van der Waals surface area contributed by atoms with Crippen molar-refractivity contribution in [1.29, 1.82) is 0 Å². The molecule has 5 nitrogen and oxygen atoms in total. The van der Waals surface area contributed by atoms with Gasteiger partial charge in [0.25, 0.3) is 0 Å². The van der Waals surface area contributed by atoms with Gasteiger partial charge in [-0.1, -0.05) is 0 Å². The molecule has 1 aromatic carbocycles. The number of aromatic nitrogens is 2. The Morgan fingerprint density at radius 2 is 2.15 bits per heavy atom. The molecule has 1 saturated heterocycles. The molecule has 0 radical (unpaired) electrons. The maximum absolute atomic E-state index is 12.4. The van der Waals surface area contributed by atoms with E-state index in [1.807, 2.05) is 18.3 Å². The van der Waals surface area contributed by atoms with Crippen molar-refractivity contribution in [2.24, 2.45) is 11.8 Å². The van der Waals surface area contributed by atoms with Gasteiger partial charge in [-0.25, -0.2) is 4.98 Å². The molecule has 134 valence electrons. The molecule has 5 rings (SSSR count). The van der Waals surface area contributed by atoms with Crippen LogP contribution < -0.4 is 0 Å². The van der Waals surface area contributed by atoms with E-state index in [1.54, 1.807) is 6.26 Å². The maximum atomic E-state index is 12.4. The quantitative estimate of drug-likeness (QED) is 0.717. The molecule has 3 heterocycles. The number of benzene rings is 1. The van der Waals surface area contributed by atoms with E-state index in [2.05, 4.69) is 32.8 Å². The normalized spacial score (nSPS) is 20.6. The number of fused-ring (bicyclic) bond motifs is 1. The van der Waals surface area contributed by atoms with Crippen LogP contribution >= 0.6 is 0 Å². The predicted molar refractivity (Wildman–Crippen MR) is 99.5 cm³/mol. The predicted octanol–water partition coefficient (Wildman–Crippen LogP) is 3.94. The molecular weight excluding hydrogens is 326 g/mol. The van der Waals surface area contributed by atoms with Crippen molar-refractivity contribution in [2.45, 2.75) is 32.2 Å². The van der Waals surface area contributed by atoms with Crippen molar-refractivity contribution >= 4 is 16.9 Å². The average Bonchev–Trinajstić information content (AvgIpc) is 3.23. The highest BCUT2D eigenvalue weighted by Gasteiger charge is 2.35. The molecule has 2 aromatic heterocycles. The van der Waals surface area contributed by atoms with Gasteiger partial charge in [0.05, 0.1) is 6.26 Å². The number of rotatable bonds is 4. The molecule has 0 bridgehead atoms. The fraction of sp³-hybridized carbons (Fsp3) is 0.429. The number of carbonyl (C=O) groups excluding carboxylic acids is 1. The highest BCUT2D eigenvalue weighted by molar-refractivity contribution is 5.82. The van der Waals surface area contributed by atoms with Gasteiger partial charge in [0.2, 0.25) is 5.91 Å². The van der Waals surface area contributed by atoms with Gasteiger partial charge in [0, 0.05) is 48.9 Å². The largest absolute Gasteiger partial charge is 0.464 e. The van der Waals surface area contributed by atoms with Gasteiger partial charge >= 0.3 is 0 Å². The third kappa shape index (κ3) is 2.91. The van der Waals surface area contributed by atoms with E-state index in [1.165, 1.54) is 6.42 Å². The third-order valence-electron chi connectivity index (χ3n) is 5.64. The van der Waals surface area contributed by atoms with Crippen LogP contribution in [-0.2, 0) is 11.3 Å². The van der Waals surface area contributed by atoms with E-state index in [0.717, 1.165) is 61.3 Å². The van der Waals surface area contributed by atoms with Crippen LogP contribution in [0.15, 0.2) is 47.3 Å². The van der Waals surface area contributed by atoms with E-state index >= 15 is 0 Å². The first kappa shape index (κ1) is 15.7. The van der Waals surface area contributed by atoms with E-state index in [-0.39, 0.29) is 0 Å². The molecule has 1 saturated carbocycles. The summed E-state index contributed by atoms with van der Waals surface area (Å²) in [4.78, 5) is 19.1. The lowest BCUT2D eigenvalue weighted by Crippen LogP contribution is -2.41. The summed E-state index contributed by atoms with van der Waals surface area (Å²) < 4.78 is 7.67. The fourth-order valence-electron chi connectivity index (χ4n) is 4.10. The standard InChI is InChI=1S/C21H23N3O2/c25-21(16-3-4-16)24-9-1-2-15(14-24)13-23-10-8-22-20(23)18-5-6-19-17(12-18)7-11-26-19/h5-8,10-12,15-16H,1-4,9,13-14H2/t15-/m0/s1. The summed E-state index contributed by atoms with van der Waals surface area (Å²) in [5.41, 5.74) is 2.00. The summed E-state index contributed by atoms with van der Waals surface area (Å²) in [5.74, 6) is 2.18. The van der Waals surface area contributed by atoms with Crippen LogP contribution in [0.4, 0.5) is 0 Å². The lowest BCUT2D eigenvalue weighted by atomic mass is 9.97. The molecule has 1 aliphatic carbocycles. The number of imidazole rings is 1. The number of amides is 1. The van der Waals surface area contributed by atoms with Crippen LogP contribution in [0.1, 0.15) is 25.7 Å². The Morgan fingerprint density at radius 1 is 1.23 bits per heavy atom. The fourth-order valence-corrected chi connectivity index (χ4v) is 4.10. The number of likely N-dealkylation sites (tertiary alicyclic amines) is 1. The summed E-state index contributed by atoms with van der Waals surface area (Å²) >= 11 is 0. The van der Waals surface area contributed by atoms with Gasteiger partial charge in [-0.15, -0.1) is 0 Å². The first-order chi connectivity index (χ1) is 12.8. The summed E-state index contributed by atoms with van der Waals surface area (Å²) in [6.45, 7) is 2.72. The van der Waals surface area contributed by atoms with Gasteiger partial charge in [-0.3, -0.25) is 4.79 Å². The summed E-state index contributed by atoms with van der Waals surface area (Å²) in [5, 5.41) is 1.09. The van der Waals surface area contributed by atoms with Crippen LogP contribution in [-0.4, -0.2) is 33.4 Å². The van der Waals surface area contributed by atoms with Crippen molar-refractivity contribution in [2.75, 3.05) is 13.1 Å². The minimum Gasteiger partial charge on any atom is -0.464 e. The van der Waals surface area contributed by atoms with Crippen molar-refractivity contribution in [3.8, 4) is 11.4 Å². The van der Waals surface area contributed by atoms with Gasteiger partial charge in [0.15, 0.2) is 0 Å². The Balaban J connectivity index is 1.34. The zero-order chi connectivity index (χ0) is 17.5. The zero-order valence-electron chi connectivity index (χ0n) is 14.8. The van der Waals surface area contributed by atoms with Gasteiger partial charge in [-0.2, -0.15) is 0 Å². The minimum atomic E-state index is 0.319. The van der Waals surface area contributed by atoms with Crippen molar-refractivity contribution in [1.82, 2.24) is 14.5 Å². The molecule has 3 aromatic rings. The average molecular weight is 349 g/mol. The number of nitrogens with zero attached hydrogens (tertiary/aromatic N) is 3. The number of hydrogen-bond acceptors (Lipinski definition) is 3. The number of furan rings is 1. The Morgan fingerprint density at radius 3 is 3.04 bits per heavy atom. The second-order valence-corrected chi connectivity index (χ2v) is 7.64. The van der Waals surface area contributed by atoms with Crippen LogP contribution in [0.3, 0.4) is 0 Å². The molecular formula is C21H23N3O2. The smallest absolute Gasteiger partial charge is 0.225 e. The summed E-state index contributed by atoms with van der Waals surface area (Å²) in [6.07, 6.45) is 10.1. The second-order valence-electron chi connectivity index (χ2n) is 7.64. The number of carbonyl (C=O) groups is 1. The first-order valence-electron chi connectivity index (χ1n) is 9.55. The first-order valence-corrected chi connectivity index (χ1v) is 9.55. The second kappa shape index (κ2) is 6.31. The third-order valence-corrected chi connectivity index (χ3v) is 5.64. The lowest BCUT2D eigenvalue weighted by molar-refractivity contribution is -0.134. The van der Waals surface area contributed by atoms with Gasteiger partial charge in [0.1, 0.15) is 11.4 Å². The molecule has 26 heavy (non-hydrogen) atoms.